The lowest BCUT2D eigenvalue weighted by Gasteiger charge is -2.26. The molecular weight excluding hydrogens is 240 g/mol. The molecule has 1 amide bonds. The zero-order valence-corrected chi connectivity index (χ0v) is 11.6. The highest BCUT2D eigenvalue weighted by molar-refractivity contribution is 5.81. The molecule has 0 aromatic heterocycles. The summed E-state index contributed by atoms with van der Waals surface area (Å²) in [6, 6.07) is 7.92. The molecular formula is C15H22N2O2. The zero-order chi connectivity index (χ0) is 13.8. The summed E-state index contributed by atoms with van der Waals surface area (Å²) in [5.74, 6) is 0.767. The quantitative estimate of drug-likeness (QED) is 0.898. The standard InChI is InChI=1S/C15H22N2O2/c1-11-5-7-14(8-6-11)19-12(2)15(18)17-9-3-4-13(17)10-16/h5-8,12-13H,3-4,9-10,16H2,1-2H3/t12-,13-/m0/s1. The highest BCUT2D eigenvalue weighted by atomic mass is 16.5. The van der Waals surface area contributed by atoms with E-state index in [1.165, 1.54) is 5.56 Å². The van der Waals surface area contributed by atoms with Gasteiger partial charge in [0.1, 0.15) is 5.75 Å². The van der Waals surface area contributed by atoms with E-state index in [0.717, 1.165) is 25.1 Å². The number of carbonyl (C=O) groups excluding carboxylic acids is 1. The van der Waals surface area contributed by atoms with Gasteiger partial charge in [-0.15, -0.1) is 0 Å². The number of nitrogens with zero attached hydrogens (tertiary/aromatic N) is 1. The Morgan fingerprint density at radius 2 is 2.16 bits per heavy atom. The van der Waals surface area contributed by atoms with E-state index in [1.807, 2.05) is 36.1 Å². The number of ether oxygens (including phenoxy) is 1. The molecule has 0 saturated carbocycles. The number of likely N-dealkylation sites (tertiary alicyclic amines) is 1. The SMILES string of the molecule is Cc1ccc(O[C@@H](C)C(=O)N2CCC[C@H]2CN)cc1. The molecule has 1 aromatic carbocycles. The first-order valence-corrected chi connectivity index (χ1v) is 6.85. The first-order valence-electron chi connectivity index (χ1n) is 6.85. The first kappa shape index (κ1) is 13.9. The smallest absolute Gasteiger partial charge is 0.263 e. The van der Waals surface area contributed by atoms with E-state index < -0.39 is 6.10 Å². The van der Waals surface area contributed by atoms with Gasteiger partial charge in [-0.1, -0.05) is 17.7 Å². The maximum absolute atomic E-state index is 12.3. The summed E-state index contributed by atoms with van der Waals surface area (Å²) in [5, 5.41) is 0. The van der Waals surface area contributed by atoms with Crippen LogP contribution in [0.25, 0.3) is 0 Å². The van der Waals surface area contributed by atoms with Gasteiger partial charge in [0.15, 0.2) is 6.10 Å². The summed E-state index contributed by atoms with van der Waals surface area (Å²) >= 11 is 0. The average Bonchev–Trinajstić information content (AvgIpc) is 2.88. The Hall–Kier alpha value is -1.55. The Bertz CT molecular complexity index is 430. The third-order valence-corrected chi connectivity index (χ3v) is 3.61. The predicted molar refractivity (Wildman–Crippen MR) is 75.1 cm³/mol. The van der Waals surface area contributed by atoms with Crippen molar-refractivity contribution in [3.63, 3.8) is 0 Å². The summed E-state index contributed by atoms with van der Waals surface area (Å²) in [6.45, 7) is 5.15. The highest BCUT2D eigenvalue weighted by Crippen LogP contribution is 2.19. The van der Waals surface area contributed by atoms with E-state index in [2.05, 4.69) is 0 Å². The van der Waals surface area contributed by atoms with Crippen LogP contribution < -0.4 is 10.5 Å². The summed E-state index contributed by atoms with van der Waals surface area (Å²) in [4.78, 5) is 14.2. The van der Waals surface area contributed by atoms with Crippen LogP contribution in [0.4, 0.5) is 0 Å². The Labute approximate surface area is 114 Å². The van der Waals surface area contributed by atoms with E-state index in [4.69, 9.17) is 10.5 Å². The molecule has 104 valence electrons. The van der Waals surface area contributed by atoms with Crippen LogP contribution in [0, 0.1) is 6.92 Å². The molecule has 1 fully saturated rings. The molecule has 2 rings (SSSR count). The molecule has 0 radical (unpaired) electrons. The van der Waals surface area contributed by atoms with Crippen molar-refractivity contribution in [3.05, 3.63) is 29.8 Å². The average molecular weight is 262 g/mol. The van der Waals surface area contributed by atoms with Crippen LogP contribution in [0.15, 0.2) is 24.3 Å². The van der Waals surface area contributed by atoms with Gasteiger partial charge in [0.25, 0.3) is 5.91 Å². The van der Waals surface area contributed by atoms with E-state index >= 15 is 0 Å². The van der Waals surface area contributed by atoms with E-state index in [-0.39, 0.29) is 11.9 Å². The molecule has 2 N–H and O–H groups in total. The largest absolute Gasteiger partial charge is 0.481 e. The minimum absolute atomic E-state index is 0.0357. The molecule has 0 bridgehead atoms. The molecule has 1 heterocycles. The van der Waals surface area contributed by atoms with Crippen LogP contribution in [0.2, 0.25) is 0 Å². The van der Waals surface area contributed by atoms with Crippen molar-refractivity contribution in [3.8, 4) is 5.75 Å². The fourth-order valence-corrected chi connectivity index (χ4v) is 2.48. The van der Waals surface area contributed by atoms with Gasteiger partial charge in [-0.3, -0.25) is 4.79 Å². The van der Waals surface area contributed by atoms with Crippen molar-refractivity contribution >= 4 is 5.91 Å². The monoisotopic (exact) mass is 262 g/mol. The van der Waals surface area contributed by atoms with Crippen molar-refractivity contribution in [2.45, 2.75) is 38.8 Å². The number of benzene rings is 1. The maximum Gasteiger partial charge on any atom is 0.263 e. The molecule has 0 unspecified atom stereocenters. The van der Waals surface area contributed by atoms with E-state index in [1.54, 1.807) is 6.92 Å². The van der Waals surface area contributed by atoms with Crippen molar-refractivity contribution in [2.75, 3.05) is 13.1 Å². The van der Waals surface area contributed by atoms with Crippen LogP contribution in [-0.4, -0.2) is 36.0 Å². The van der Waals surface area contributed by atoms with Crippen LogP contribution in [-0.2, 0) is 4.79 Å². The fourth-order valence-electron chi connectivity index (χ4n) is 2.48. The molecule has 2 atom stereocenters. The maximum atomic E-state index is 12.3. The Morgan fingerprint density at radius 1 is 1.47 bits per heavy atom. The third-order valence-electron chi connectivity index (χ3n) is 3.61. The summed E-state index contributed by atoms with van der Waals surface area (Å²) in [5.41, 5.74) is 6.87. The second-order valence-electron chi connectivity index (χ2n) is 5.14. The fraction of sp³-hybridized carbons (Fsp3) is 0.533. The number of aryl methyl sites for hydroxylation is 1. The second kappa shape index (κ2) is 6.06. The topological polar surface area (TPSA) is 55.6 Å². The van der Waals surface area contributed by atoms with E-state index in [0.29, 0.717) is 6.54 Å². The summed E-state index contributed by atoms with van der Waals surface area (Å²) < 4.78 is 5.70. The molecule has 19 heavy (non-hydrogen) atoms. The Kier molecular flexibility index (Phi) is 4.43. The van der Waals surface area contributed by atoms with Gasteiger partial charge >= 0.3 is 0 Å². The molecule has 1 saturated heterocycles. The lowest BCUT2D eigenvalue weighted by atomic mass is 10.2. The molecule has 4 nitrogen and oxygen atoms in total. The highest BCUT2D eigenvalue weighted by Gasteiger charge is 2.31. The van der Waals surface area contributed by atoms with Gasteiger partial charge in [0.2, 0.25) is 0 Å². The number of rotatable bonds is 4. The lowest BCUT2D eigenvalue weighted by molar-refractivity contribution is -0.138. The van der Waals surface area contributed by atoms with Gasteiger partial charge in [0, 0.05) is 19.1 Å². The Balaban J connectivity index is 1.97. The predicted octanol–water partition coefficient (Wildman–Crippen LogP) is 1.71. The number of nitrogens with two attached hydrogens (primary N) is 1. The van der Waals surface area contributed by atoms with Gasteiger partial charge in [-0.05, 0) is 38.8 Å². The van der Waals surface area contributed by atoms with Gasteiger partial charge < -0.3 is 15.4 Å². The van der Waals surface area contributed by atoms with Crippen molar-refractivity contribution < 1.29 is 9.53 Å². The molecule has 0 spiro atoms. The first-order chi connectivity index (χ1) is 9.11. The zero-order valence-electron chi connectivity index (χ0n) is 11.6. The van der Waals surface area contributed by atoms with Crippen molar-refractivity contribution in [1.29, 1.82) is 0 Å². The number of hydrogen-bond acceptors (Lipinski definition) is 3. The van der Waals surface area contributed by atoms with Crippen molar-refractivity contribution in [1.82, 2.24) is 4.90 Å². The summed E-state index contributed by atoms with van der Waals surface area (Å²) in [6.07, 6.45) is 1.57. The minimum atomic E-state index is -0.463. The second-order valence-corrected chi connectivity index (χ2v) is 5.14. The van der Waals surface area contributed by atoms with Crippen LogP contribution in [0.3, 0.4) is 0 Å². The van der Waals surface area contributed by atoms with Gasteiger partial charge in [-0.25, -0.2) is 0 Å². The third kappa shape index (κ3) is 3.26. The van der Waals surface area contributed by atoms with Gasteiger partial charge in [0.05, 0.1) is 0 Å². The minimum Gasteiger partial charge on any atom is -0.481 e. The molecule has 0 aliphatic carbocycles. The Morgan fingerprint density at radius 3 is 2.79 bits per heavy atom. The number of carbonyl (C=O) groups is 1. The number of amides is 1. The lowest BCUT2D eigenvalue weighted by Crippen LogP contribution is -2.45. The molecule has 1 aliphatic heterocycles. The van der Waals surface area contributed by atoms with E-state index in [9.17, 15) is 4.79 Å². The summed E-state index contributed by atoms with van der Waals surface area (Å²) in [7, 11) is 0. The molecule has 1 aromatic rings. The normalized spacial score (nSPS) is 20.4. The van der Waals surface area contributed by atoms with Crippen molar-refractivity contribution in [2.24, 2.45) is 5.73 Å². The van der Waals surface area contributed by atoms with Crippen LogP contribution >= 0.6 is 0 Å². The molecule has 1 aliphatic rings. The van der Waals surface area contributed by atoms with Gasteiger partial charge in [-0.2, -0.15) is 0 Å². The number of hydrogen-bond donors (Lipinski definition) is 1. The van der Waals surface area contributed by atoms with Crippen LogP contribution in [0.5, 0.6) is 5.75 Å². The van der Waals surface area contributed by atoms with Crippen LogP contribution in [0.1, 0.15) is 25.3 Å². The molecule has 4 heteroatoms.